The van der Waals surface area contributed by atoms with Gasteiger partial charge in [-0.15, -0.1) is 0 Å². The molecule has 1 saturated carbocycles. The van der Waals surface area contributed by atoms with Crippen LogP contribution in [0.4, 0.5) is 0 Å². The number of nitrogens with zero attached hydrogens (tertiary/aromatic N) is 1. The standard InChI is InChI=1S/C16H30N2O2/c1-5-16(20-12(2)3)10-13(4)17-18-15-8-6-14(11-19)7-9-15/h10,12,14-15,18-19H,5-9,11H2,1-4H3/b16-10+,17-13+. The van der Waals surface area contributed by atoms with Crippen LogP contribution in [0, 0.1) is 5.92 Å². The molecule has 116 valence electrons. The van der Waals surface area contributed by atoms with Crippen LogP contribution in [0.5, 0.6) is 0 Å². The van der Waals surface area contributed by atoms with E-state index < -0.39 is 0 Å². The van der Waals surface area contributed by atoms with Crippen molar-refractivity contribution in [3.05, 3.63) is 11.8 Å². The first kappa shape index (κ1) is 17.0. The van der Waals surface area contributed by atoms with Crippen LogP contribution in [0.3, 0.4) is 0 Å². The van der Waals surface area contributed by atoms with Crippen LogP contribution in [-0.4, -0.2) is 29.6 Å². The van der Waals surface area contributed by atoms with Gasteiger partial charge in [-0.05, 0) is 58.4 Å². The van der Waals surface area contributed by atoms with Crippen molar-refractivity contribution >= 4 is 5.71 Å². The molecule has 20 heavy (non-hydrogen) atoms. The number of allylic oxidation sites excluding steroid dienone is 2. The predicted octanol–water partition coefficient (Wildman–Crippen LogP) is 3.22. The van der Waals surface area contributed by atoms with Crippen molar-refractivity contribution in [2.45, 2.75) is 71.9 Å². The SMILES string of the molecule is CC/C(=C\C(C)=N\NC1CCC(CO)CC1)OC(C)C. The van der Waals surface area contributed by atoms with Gasteiger partial charge in [0.25, 0.3) is 0 Å². The van der Waals surface area contributed by atoms with Crippen LogP contribution in [0.1, 0.15) is 59.8 Å². The summed E-state index contributed by atoms with van der Waals surface area (Å²) in [5.41, 5.74) is 4.21. The van der Waals surface area contributed by atoms with Crippen LogP contribution in [-0.2, 0) is 4.74 Å². The molecule has 2 N–H and O–H groups in total. The third kappa shape index (κ3) is 6.42. The number of hydrogen-bond acceptors (Lipinski definition) is 4. The maximum Gasteiger partial charge on any atom is 0.0979 e. The number of hydrogen-bond donors (Lipinski definition) is 2. The lowest BCUT2D eigenvalue weighted by Crippen LogP contribution is -2.31. The van der Waals surface area contributed by atoms with Gasteiger partial charge in [-0.2, -0.15) is 5.10 Å². The molecule has 0 heterocycles. The molecule has 1 rings (SSSR count). The lowest BCUT2D eigenvalue weighted by molar-refractivity contribution is 0.142. The van der Waals surface area contributed by atoms with Crippen molar-refractivity contribution in [3.63, 3.8) is 0 Å². The van der Waals surface area contributed by atoms with E-state index in [-0.39, 0.29) is 6.10 Å². The van der Waals surface area contributed by atoms with E-state index in [0.29, 0.717) is 18.6 Å². The number of aliphatic hydroxyl groups is 1. The van der Waals surface area contributed by atoms with Gasteiger partial charge in [0, 0.05) is 19.1 Å². The fourth-order valence-corrected chi connectivity index (χ4v) is 2.45. The van der Waals surface area contributed by atoms with E-state index in [1.54, 1.807) is 0 Å². The van der Waals surface area contributed by atoms with Crippen LogP contribution in [0.2, 0.25) is 0 Å². The minimum Gasteiger partial charge on any atom is -0.495 e. The zero-order valence-corrected chi connectivity index (χ0v) is 13.4. The normalized spacial score (nSPS) is 24.9. The Morgan fingerprint density at radius 3 is 2.50 bits per heavy atom. The first-order valence-electron chi connectivity index (χ1n) is 7.83. The number of hydrazone groups is 1. The van der Waals surface area contributed by atoms with Gasteiger partial charge >= 0.3 is 0 Å². The summed E-state index contributed by atoms with van der Waals surface area (Å²) in [6, 6.07) is 0.442. The Hall–Kier alpha value is -1.03. The summed E-state index contributed by atoms with van der Waals surface area (Å²) in [5.74, 6) is 1.47. The zero-order chi connectivity index (χ0) is 15.0. The van der Waals surface area contributed by atoms with Gasteiger partial charge in [0.05, 0.1) is 17.6 Å². The topological polar surface area (TPSA) is 53.9 Å². The third-order valence-electron chi connectivity index (χ3n) is 3.63. The van der Waals surface area contributed by atoms with E-state index in [0.717, 1.165) is 43.6 Å². The summed E-state index contributed by atoms with van der Waals surface area (Å²) < 4.78 is 5.72. The summed E-state index contributed by atoms with van der Waals surface area (Å²) in [4.78, 5) is 0. The Labute approximate surface area is 123 Å². The second-order valence-corrected chi connectivity index (χ2v) is 5.91. The van der Waals surface area contributed by atoms with Crippen molar-refractivity contribution < 1.29 is 9.84 Å². The molecular weight excluding hydrogens is 252 g/mol. The quantitative estimate of drug-likeness (QED) is 0.428. The largest absolute Gasteiger partial charge is 0.495 e. The molecule has 0 bridgehead atoms. The van der Waals surface area contributed by atoms with Crippen molar-refractivity contribution in [3.8, 4) is 0 Å². The first-order chi connectivity index (χ1) is 9.55. The van der Waals surface area contributed by atoms with Gasteiger partial charge in [0.2, 0.25) is 0 Å². The summed E-state index contributed by atoms with van der Waals surface area (Å²) in [5, 5.41) is 13.6. The molecule has 0 aromatic heterocycles. The monoisotopic (exact) mass is 282 g/mol. The van der Waals surface area contributed by atoms with Gasteiger partial charge < -0.3 is 15.3 Å². The van der Waals surface area contributed by atoms with E-state index in [9.17, 15) is 0 Å². The Morgan fingerprint density at radius 2 is 2.00 bits per heavy atom. The first-order valence-corrected chi connectivity index (χ1v) is 7.83. The molecule has 0 unspecified atom stereocenters. The Kier molecular flexibility index (Phi) is 7.67. The van der Waals surface area contributed by atoms with Crippen molar-refractivity contribution in [2.24, 2.45) is 11.0 Å². The van der Waals surface area contributed by atoms with E-state index in [2.05, 4.69) is 17.5 Å². The fourth-order valence-electron chi connectivity index (χ4n) is 2.45. The highest BCUT2D eigenvalue weighted by molar-refractivity contribution is 5.92. The second kappa shape index (κ2) is 9.01. The molecule has 1 fully saturated rings. The summed E-state index contributed by atoms with van der Waals surface area (Å²) in [6.07, 6.45) is 7.46. The van der Waals surface area contributed by atoms with E-state index >= 15 is 0 Å². The second-order valence-electron chi connectivity index (χ2n) is 5.91. The molecule has 1 aliphatic carbocycles. The summed E-state index contributed by atoms with van der Waals surface area (Å²) in [6.45, 7) is 8.47. The van der Waals surface area contributed by atoms with Gasteiger partial charge in [-0.25, -0.2) is 0 Å². The van der Waals surface area contributed by atoms with Crippen LogP contribution in [0.25, 0.3) is 0 Å². The minimum absolute atomic E-state index is 0.204. The summed E-state index contributed by atoms with van der Waals surface area (Å²) in [7, 11) is 0. The van der Waals surface area contributed by atoms with Crippen LogP contribution < -0.4 is 5.43 Å². The van der Waals surface area contributed by atoms with Crippen LogP contribution in [0.15, 0.2) is 16.9 Å². The lowest BCUT2D eigenvalue weighted by atomic mass is 9.87. The smallest absolute Gasteiger partial charge is 0.0979 e. The fraction of sp³-hybridized carbons (Fsp3) is 0.812. The zero-order valence-electron chi connectivity index (χ0n) is 13.4. The molecule has 1 aliphatic rings. The van der Waals surface area contributed by atoms with Crippen LogP contribution >= 0.6 is 0 Å². The molecular formula is C16H30N2O2. The third-order valence-corrected chi connectivity index (χ3v) is 3.63. The Balaban J connectivity index is 2.43. The highest BCUT2D eigenvalue weighted by Crippen LogP contribution is 2.23. The molecule has 0 saturated heterocycles. The molecule has 0 amide bonds. The molecule has 0 aromatic carbocycles. The maximum atomic E-state index is 9.12. The average molecular weight is 282 g/mol. The molecule has 4 nitrogen and oxygen atoms in total. The number of rotatable bonds is 7. The average Bonchev–Trinajstić information content (AvgIpc) is 2.44. The number of aliphatic hydroxyl groups excluding tert-OH is 1. The molecule has 0 atom stereocenters. The lowest BCUT2D eigenvalue weighted by Gasteiger charge is -2.26. The number of ether oxygens (including phenoxy) is 1. The predicted molar refractivity (Wildman–Crippen MR) is 83.7 cm³/mol. The number of nitrogens with one attached hydrogen (secondary N) is 1. The molecule has 4 heteroatoms. The van der Waals surface area contributed by atoms with Gasteiger partial charge in [0.1, 0.15) is 0 Å². The van der Waals surface area contributed by atoms with E-state index in [1.165, 1.54) is 0 Å². The molecule has 0 spiro atoms. The van der Waals surface area contributed by atoms with Crippen molar-refractivity contribution in [2.75, 3.05) is 6.61 Å². The minimum atomic E-state index is 0.204. The molecule has 0 aliphatic heterocycles. The van der Waals surface area contributed by atoms with Gasteiger partial charge in [-0.1, -0.05) is 6.92 Å². The summed E-state index contributed by atoms with van der Waals surface area (Å²) >= 11 is 0. The van der Waals surface area contributed by atoms with E-state index in [4.69, 9.17) is 9.84 Å². The van der Waals surface area contributed by atoms with Gasteiger partial charge in [0.15, 0.2) is 0 Å². The van der Waals surface area contributed by atoms with Gasteiger partial charge in [-0.3, -0.25) is 0 Å². The van der Waals surface area contributed by atoms with Crippen molar-refractivity contribution in [1.82, 2.24) is 5.43 Å². The molecule has 0 radical (unpaired) electrons. The maximum absolute atomic E-state index is 9.12. The Morgan fingerprint density at radius 1 is 1.35 bits per heavy atom. The highest BCUT2D eigenvalue weighted by Gasteiger charge is 2.19. The van der Waals surface area contributed by atoms with Crippen molar-refractivity contribution in [1.29, 1.82) is 0 Å². The Bertz CT molecular complexity index is 329. The van der Waals surface area contributed by atoms with E-state index in [1.807, 2.05) is 26.8 Å². The molecule has 0 aromatic rings. The highest BCUT2D eigenvalue weighted by atomic mass is 16.5.